The Kier molecular flexibility index (Phi) is 6.03. The Morgan fingerprint density at radius 1 is 0.871 bits per heavy atom. The normalized spacial score (nSPS) is 10.6. The highest BCUT2D eigenvalue weighted by Crippen LogP contribution is 2.21. The third-order valence-electron chi connectivity index (χ3n) is 5.07. The minimum atomic E-state index is -0.303. The van der Waals surface area contributed by atoms with Crippen LogP contribution in [-0.2, 0) is 17.8 Å². The fourth-order valence-corrected chi connectivity index (χ4v) is 3.38. The molecule has 0 bridgehead atoms. The van der Waals surface area contributed by atoms with Gasteiger partial charge in [0, 0.05) is 11.3 Å². The molecule has 4 rings (SSSR count). The second-order valence-electron chi connectivity index (χ2n) is 7.24. The standard InChI is InChI=1S/C26H23N3O2/c1-2-19-13-15-22(16-14-19)27-25(30)18-29-26(31)23(20-9-5-3-6-10-20)17-24(28-29)21-11-7-4-8-12-21/h3-17H,2,18H2,1H3,(H,27,30). The number of aromatic nitrogens is 2. The van der Waals surface area contributed by atoms with E-state index in [4.69, 9.17) is 0 Å². The Morgan fingerprint density at radius 2 is 1.48 bits per heavy atom. The maximum absolute atomic E-state index is 13.1. The highest BCUT2D eigenvalue weighted by molar-refractivity contribution is 5.90. The van der Waals surface area contributed by atoms with Gasteiger partial charge in [0.2, 0.25) is 5.91 Å². The monoisotopic (exact) mass is 409 g/mol. The van der Waals surface area contributed by atoms with Crippen LogP contribution in [0.4, 0.5) is 5.69 Å². The fraction of sp³-hybridized carbons (Fsp3) is 0.115. The molecule has 3 aromatic carbocycles. The molecular weight excluding hydrogens is 386 g/mol. The molecule has 5 heteroatoms. The number of aryl methyl sites for hydroxylation is 1. The van der Waals surface area contributed by atoms with E-state index in [1.54, 1.807) is 6.07 Å². The van der Waals surface area contributed by atoms with Gasteiger partial charge < -0.3 is 5.32 Å². The number of hydrogen-bond acceptors (Lipinski definition) is 3. The Balaban J connectivity index is 1.68. The van der Waals surface area contributed by atoms with Crippen molar-refractivity contribution in [3.8, 4) is 22.4 Å². The van der Waals surface area contributed by atoms with Crippen LogP contribution in [0.2, 0.25) is 0 Å². The summed E-state index contributed by atoms with van der Waals surface area (Å²) in [5, 5.41) is 7.33. The van der Waals surface area contributed by atoms with Gasteiger partial charge in [0.1, 0.15) is 6.54 Å². The van der Waals surface area contributed by atoms with Crippen molar-refractivity contribution >= 4 is 11.6 Å². The number of benzene rings is 3. The highest BCUT2D eigenvalue weighted by Gasteiger charge is 2.14. The summed E-state index contributed by atoms with van der Waals surface area (Å²) in [5.74, 6) is -0.303. The first-order chi connectivity index (χ1) is 15.1. The van der Waals surface area contributed by atoms with Crippen molar-refractivity contribution < 1.29 is 4.79 Å². The Morgan fingerprint density at radius 3 is 2.10 bits per heavy atom. The van der Waals surface area contributed by atoms with Gasteiger partial charge in [-0.2, -0.15) is 5.10 Å². The smallest absolute Gasteiger partial charge is 0.275 e. The van der Waals surface area contributed by atoms with Gasteiger partial charge in [-0.25, -0.2) is 4.68 Å². The van der Waals surface area contributed by atoms with E-state index in [-0.39, 0.29) is 18.0 Å². The lowest BCUT2D eigenvalue weighted by Gasteiger charge is -2.12. The van der Waals surface area contributed by atoms with Gasteiger partial charge in [-0.1, -0.05) is 79.7 Å². The molecule has 1 N–H and O–H groups in total. The first-order valence-electron chi connectivity index (χ1n) is 10.3. The molecule has 154 valence electrons. The minimum Gasteiger partial charge on any atom is -0.324 e. The first-order valence-corrected chi connectivity index (χ1v) is 10.3. The molecule has 4 aromatic rings. The van der Waals surface area contributed by atoms with Crippen LogP contribution in [0.3, 0.4) is 0 Å². The Bertz CT molecular complexity index is 1230. The van der Waals surface area contributed by atoms with Crippen LogP contribution >= 0.6 is 0 Å². The van der Waals surface area contributed by atoms with Gasteiger partial charge in [-0.3, -0.25) is 9.59 Å². The van der Waals surface area contributed by atoms with Gasteiger partial charge in [0.15, 0.2) is 0 Å². The molecule has 0 saturated heterocycles. The summed E-state index contributed by atoms with van der Waals surface area (Å²) in [6.07, 6.45) is 0.933. The molecule has 0 aliphatic heterocycles. The topological polar surface area (TPSA) is 64.0 Å². The molecule has 0 unspecified atom stereocenters. The predicted octanol–water partition coefficient (Wildman–Crippen LogP) is 4.78. The lowest BCUT2D eigenvalue weighted by molar-refractivity contribution is -0.117. The van der Waals surface area contributed by atoms with E-state index in [0.29, 0.717) is 16.9 Å². The zero-order valence-corrected chi connectivity index (χ0v) is 17.3. The van der Waals surface area contributed by atoms with Gasteiger partial charge in [-0.15, -0.1) is 0 Å². The third kappa shape index (κ3) is 4.78. The van der Waals surface area contributed by atoms with E-state index in [1.165, 1.54) is 10.2 Å². The van der Waals surface area contributed by atoms with Crippen LogP contribution in [0.1, 0.15) is 12.5 Å². The molecule has 5 nitrogen and oxygen atoms in total. The molecule has 0 saturated carbocycles. The van der Waals surface area contributed by atoms with Crippen molar-refractivity contribution in [2.45, 2.75) is 19.9 Å². The number of nitrogens with one attached hydrogen (secondary N) is 1. The second-order valence-corrected chi connectivity index (χ2v) is 7.24. The zero-order chi connectivity index (χ0) is 21.6. The van der Waals surface area contributed by atoms with Gasteiger partial charge in [-0.05, 0) is 35.7 Å². The molecule has 31 heavy (non-hydrogen) atoms. The summed E-state index contributed by atoms with van der Waals surface area (Å²) in [6, 6.07) is 28.5. The van der Waals surface area contributed by atoms with E-state index in [2.05, 4.69) is 17.3 Å². The van der Waals surface area contributed by atoms with Crippen molar-refractivity contribution in [2.24, 2.45) is 0 Å². The largest absolute Gasteiger partial charge is 0.324 e. The van der Waals surface area contributed by atoms with Crippen molar-refractivity contribution in [3.63, 3.8) is 0 Å². The summed E-state index contributed by atoms with van der Waals surface area (Å²) in [7, 11) is 0. The molecular formula is C26H23N3O2. The van der Waals surface area contributed by atoms with Crippen LogP contribution in [0.25, 0.3) is 22.4 Å². The summed E-state index contributed by atoms with van der Waals surface area (Å²) in [4.78, 5) is 25.8. The number of hydrogen-bond donors (Lipinski definition) is 1. The van der Waals surface area contributed by atoms with E-state index in [0.717, 1.165) is 17.5 Å². The quantitative estimate of drug-likeness (QED) is 0.499. The number of anilines is 1. The fourth-order valence-electron chi connectivity index (χ4n) is 3.38. The molecule has 1 heterocycles. The van der Waals surface area contributed by atoms with E-state index < -0.39 is 0 Å². The number of amides is 1. The molecule has 0 radical (unpaired) electrons. The lowest BCUT2D eigenvalue weighted by atomic mass is 10.0. The first kappa shape index (κ1) is 20.3. The van der Waals surface area contributed by atoms with Gasteiger partial charge in [0.05, 0.1) is 11.3 Å². The van der Waals surface area contributed by atoms with Crippen LogP contribution in [0, 0.1) is 0 Å². The minimum absolute atomic E-state index is 0.172. The van der Waals surface area contributed by atoms with Crippen LogP contribution in [0.5, 0.6) is 0 Å². The average molecular weight is 409 g/mol. The molecule has 1 amide bonds. The number of nitrogens with zero attached hydrogens (tertiary/aromatic N) is 2. The molecule has 0 aliphatic carbocycles. The van der Waals surface area contributed by atoms with Crippen molar-refractivity contribution in [3.05, 3.63) is 107 Å². The number of carbonyl (C=O) groups is 1. The van der Waals surface area contributed by atoms with Crippen molar-refractivity contribution in [1.82, 2.24) is 9.78 Å². The van der Waals surface area contributed by atoms with E-state index >= 15 is 0 Å². The highest BCUT2D eigenvalue weighted by atomic mass is 16.2. The average Bonchev–Trinajstić information content (AvgIpc) is 2.82. The molecule has 1 aromatic heterocycles. The van der Waals surface area contributed by atoms with Crippen LogP contribution in [-0.4, -0.2) is 15.7 Å². The number of carbonyl (C=O) groups excluding carboxylic acids is 1. The SMILES string of the molecule is CCc1ccc(NC(=O)Cn2nc(-c3ccccc3)cc(-c3ccccc3)c2=O)cc1. The summed E-state index contributed by atoms with van der Waals surface area (Å²) >= 11 is 0. The molecule has 0 spiro atoms. The van der Waals surface area contributed by atoms with Gasteiger partial charge in [0.25, 0.3) is 5.56 Å². The van der Waals surface area contributed by atoms with Crippen LogP contribution in [0.15, 0.2) is 95.8 Å². The van der Waals surface area contributed by atoms with Crippen molar-refractivity contribution in [1.29, 1.82) is 0 Å². The maximum atomic E-state index is 13.1. The molecule has 0 aliphatic rings. The van der Waals surface area contributed by atoms with Crippen LogP contribution < -0.4 is 10.9 Å². The zero-order valence-electron chi connectivity index (χ0n) is 17.3. The lowest BCUT2D eigenvalue weighted by Crippen LogP contribution is -2.30. The molecule has 0 atom stereocenters. The Hall–Kier alpha value is -3.99. The van der Waals surface area contributed by atoms with E-state index in [1.807, 2.05) is 84.9 Å². The third-order valence-corrected chi connectivity index (χ3v) is 5.07. The summed E-state index contributed by atoms with van der Waals surface area (Å²) < 4.78 is 1.24. The summed E-state index contributed by atoms with van der Waals surface area (Å²) in [5.41, 5.74) is 4.40. The van der Waals surface area contributed by atoms with Crippen molar-refractivity contribution in [2.75, 3.05) is 5.32 Å². The second kappa shape index (κ2) is 9.22. The number of rotatable bonds is 6. The Labute approximate surface area is 181 Å². The predicted molar refractivity (Wildman–Crippen MR) is 124 cm³/mol. The molecule has 0 fully saturated rings. The van der Waals surface area contributed by atoms with E-state index in [9.17, 15) is 9.59 Å². The summed E-state index contributed by atoms with van der Waals surface area (Å²) in [6.45, 7) is 1.91. The maximum Gasteiger partial charge on any atom is 0.275 e. The van der Waals surface area contributed by atoms with Gasteiger partial charge >= 0.3 is 0 Å².